The molecule has 0 aromatic rings. The summed E-state index contributed by atoms with van der Waals surface area (Å²) in [6.45, 7) is 4.05. The van der Waals surface area contributed by atoms with Gasteiger partial charge in [-0.2, -0.15) is 0 Å². The Balaban J connectivity index is 1.54. The zero-order chi connectivity index (χ0) is 41.7. The second kappa shape index (κ2) is 19.6. The molecule has 11 N–H and O–H groups in total. The second-order valence-electron chi connectivity index (χ2n) is 14.4. The van der Waals surface area contributed by atoms with Gasteiger partial charge in [0.05, 0.1) is 32.0 Å². The quantitative estimate of drug-likeness (QED) is 0.0393. The monoisotopic (exact) mass is 814 g/mol. The summed E-state index contributed by atoms with van der Waals surface area (Å²) in [5, 5.41) is 115. The predicted octanol–water partition coefficient (Wildman–Crippen LogP) is -5.68. The Labute approximate surface area is 320 Å². The summed E-state index contributed by atoms with van der Waals surface area (Å²) in [6, 6.07) is 0. The van der Waals surface area contributed by atoms with Crippen molar-refractivity contribution in [3.05, 3.63) is 24.3 Å². The largest absolute Gasteiger partial charge is 0.459 e. The van der Waals surface area contributed by atoms with E-state index >= 15 is 0 Å². The van der Waals surface area contributed by atoms with Crippen molar-refractivity contribution in [2.75, 3.05) is 33.0 Å². The molecule has 4 fully saturated rings. The van der Waals surface area contributed by atoms with Crippen molar-refractivity contribution in [2.45, 2.75) is 143 Å². The summed E-state index contributed by atoms with van der Waals surface area (Å²) < 4.78 is 49.8. The first-order chi connectivity index (χ1) is 26.3. The third kappa shape index (κ3) is 10.8. The van der Waals surface area contributed by atoms with Gasteiger partial charge in [-0.1, -0.05) is 12.2 Å². The molecule has 22 nitrogen and oxygen atoms in total. The van der Waals surface area contributed by atoms with Crippen LogP contribution >= 0.6 is 0 Å². The normalized spacial score (nSPS) is 43.1. The van der Waals surface area contributed by atoms with Crippen molar-refractivity contribution in [2.24, 2.45) is 0 Å². The molecule has 4 rings (SSSR count). The summed E-state index contributed by atoms with van der Waals surface area (Å²) >= 11 is 0. The Hall–Kier alpha value is -2.30. The van der Waals surface area contributed by atoms with E-state index < -0.39 is 155 Å². The van der Waals surface area contributed by atoms with Gasteiger partial charge in [-0.05, 0) is 26.7 Å². The highest BCUT2D eigenvalue weighted by Gasteiger charge is 2.55. The highest BCUT2D eigenvalue weighted by Crippen LogP contribution is 2.34. The molecule has 4 aliphatic rings. The van der Waals surface area contributed by atoms with Crippen LogP contribution < -0.4 is 0 Å². The fraction of sp³-hybridized carbons (Fsp3) is 0.824. The number of aliphatic hydroxyl groups is 11. The van der Waals surface area contributed by atoms with Gasteiger partial charge in [-0.25, -0.2) is 4.79 Å². The Morgan fingerprint density at radius 1 is 0.821 bits per heavy atom. The number of allylic oxidation sites excluding steroid dienone is 1. The predicted molar refractivity (Wildman–Crippen MR) is 179 cm³/mol. The highest BCUT2D eigenvalue weighted by atomic mass is 16.8. The standard InChI is InChI=1S/C34H54O22/c1-5-33(4,46)8-6-7-14(2)28(45)48-11-18-25(55-30-23(42)21(40)19(38)16(9-35)52-30)24(43)26(31(54-18)51-15(3)37)56-29-22(41)20(39)17(10-49-29)53-32-27(44)34(47,12-36)13-50-32/h5,7,16-27,29-32,35-36,38-44,46-47H,1,6,8-13H2,2-4H3. The molecular weight excluding hydrogens is 760 g/mol. The summed E-state index contributed by atoms with van der Waals surface area (Å²) in [6.07, 6.45) is -24.9. The van der Waals surface area contributed by atoms with Crippen LogP contribution in [0.4, 0.5) is 0 Å². The molecule has 18 unspecified atom stereocenters. The van der Waals surface area contributed by atoms with Crippen LogP contribution in [0.3, 0.4) is 0 Å². The highest BCUT2D eigenvalue weighted by molar-refractivity contribution is 5.87. The lowest BCUT2D eigenvalue weighted by Crippen LogP contribution is -2.66. The van der Waals surface area contributed by atoms with Gasteiger partial charge in [0.2, 0.25) is 6.29 Å². The number of aliphatic hydroxyl groups excluding tert-OH is 9. The van der Waals surface area contributed by atoms with Gasteiger partial charge in [-0.15, -0.1) is 6.58 Å². The molecule has 4 aliphatic heterocycles. The second-order valence-corrected chi connectivity index (χ2v) is 14.4. The molecule has 0 aromatic heterocycles. The van der Waals surface area contributed by atoms with Crippen LogP contribution in [0, 0.1) is 0 Å². The molecule has 0 radical (unpaired) electrons. The van der Waals surface area contributed by atoms with Crippen LogP contribution in [-0.2, 0) is 52.2 Å². The third-order valence-electron chi connectivity index (χ3n) is 9.89. The van der Waals surface area contributed by atoms with Gasteiger partial charge in [0, 0.05) is 12.5 Å². The maximum Gasteiger partial charge on any atom is 0.333 e. The maximum absolute atomic E-state index is 12.9. The molecule has 18 atom stereocenters. The molecule has 0 spiro atoms. The summed E-state index contributed by atoms with van der Waals surface area (Å²) in [7, 11) is 0. The van der Waals surface area contributed by atoms with Gasteiger partial charge < -0.3 is 98.8 Å². The fourth-order valence-electron chi connectivity index (χ4n) is 6.22. The number of carbonyl (C=O) groups excluding carboxylic acids is 2. The average Bonchev–Trinajstić information content (AvgIpc) is 3.44. The zero-order valence-electron chi connectivity index (χ0n) is 31.0. The molecule has 0 amide bonds. The van der Waals surface area contributed by atoms with Crippen LogP contribution in [0.15, 0.2) is 24.3 Å². The molecule has 22 heteroatoms. The minimum atomic E-state index is -2.05. The molecule has 0 saturated carbocycles. The van der Waals surface area contributed by atoms with Crippen molar-refractivity contribution >= 4 is 11.9 Å². The minimum absolute atomic E-state index is 0.118. The molecule has 0 bridgehead atoms. The first-order valence-electron chi connectivity index (χ1n) is 17.9. The average molecular weight is 815 g/mol. The van der Waals surface area contributed by atoms with E-state index in [4.69, 9.17) is 42.6 Å². The van der Waals surface area contributed by atoms with E-state index in [9.17, 15) is 65.8 Å². The number of ether oxygens (including phenoxy) is 9. The lowest BCUT2D eigenvalue weighted by atomic mass is 9.96. The summed E-state index contributed by atoms with van der Waals surface area (Å²) in [5.41, 5.74) is -3.12. The van der Waals surface area contributed by atoms with E-state index in [1.165, 1.54) is 26.0 Å². The fourth-order valence-corrected chi connectivity index (χ4v) is 6.22. The molecule has 322 valence electrons. The molecule has 0 aliphatic carbocycles. The van der Waals surface area contributed by atoms with E-state index in [0.717, 1.165) is 6.92 Å². The molecule has 0 aromatic carbocycles. The number of rotatable bonds is 16. The number of hydrogen-bond donors (Lipinski definition) is 11. The van der Waals surface area contributed by atoms with Crippen molar-refractivity contribution in [3.8, 4) is 0 Å². The van der Waals surface area contributed by atoms with Gasteiger partial charge in [0.1, 0.15) is 79.4 Å². The van der Waals surface area contributed by atoms with E-state index in [2.05, 4.69) is 6.58 Å². The topological polar surface area (TPSA) is 340 Å². The maximum atomic E-state index is 12.9. The van der Waals surface area contributed by atoms with Crippen LogP contribution in [-0.4, -0.2) is 211 Å². The van der Waals surface area contributed by atoms with E-state index in [0.29, 0.717) is 0 Å². The van der Waals surface area contributed by atoms with E-state index in [1.807, 2.05) is 0 Å². The van der Waals surface area contributed by atoms with Crippen molar-refractivity contribution in [1.82, 2.24) is 0 Å². The van der Waals surface area contributed by atoms with Crippen LogP contribution in [0.25, 0.3) is 0 Å². The molecule has 4 saturated heterocycles. The van der Waals surface area contributed by atoms with Crippen molar-refractivity contribution < 1.29 is 108 Å². The first kappa shape index (κ1) is 46.4. The van der Waals surface area contributed by atoms with Crippen LogP contribution in [0.5, 0.6) is 0 Å². The van der Waals surface area contributed by atoms with Gasteiger partial charge in [-0.3, -0.25) is 4.79 Å². The molecular formula is C34H54O22. The molecule has 56 heavy (non-hydrogen) atoms. The molecule has 4 heterocycles. The minimum Gasteiger partial charge on any atom is -0.459 e. The third-order valence-corrected chi connectivity index (χ3v) is 9.89. The Morgan fingerprint density at radius 2 is 1.46 bits per heavy atom. The zero-order valence-corrected chi connectivity index (χ0v) is 31.0. The Morgan fingerprint density at radius 3 is 2.07 bits per heavy atom. The Kier molecular flexibility index (Phi) is 16.3. The van der Waals surface area contributed by atoms with Crippen molar-refractivity contribution in [1.29, 1.82) is 0 Å². The number of esters is 2. The van der Waals surface area contributed by atoms with Crippen molar-refractivity contribution in [3.63, 3.8) is 0 Å². The first-order valence-corrected chi connectivity index (χ1v) is 17.9. The number of carbonyl (C=O) groups is 2. The Bertz CT molecular complexity index is 1340. The smallest absolute Gasteiger partial charge is 0.333 e. The lowest BCUT2D eigenvalue weighted by Gasteiger charge is -2.48. The van der Waals surface area contributed by atoms with Gasteiger partial charge in [0.15, 0.2) is 25.0 Å². The van der Waals surface area contributed by atoms with E-state index in [-0.39, 0.29) is 18.4 Å². The van der Waals surface area contributed by atoms with Gasteiger partial charge in [0.25, 0.3) is 0 Å². The lowest BCUT2D eigenvalue weighted by molar-refractivity contribution is -0.379. The summed E-state index contributed by atoms with van der Waals surface area (Å²) in [4.78, 5) is 25.1. The van der Waals surface area contributed by atoms with Crippen LogP contribution in [0.2, 0.25) is 0 Å². The summed E-state index contributed by atoms with van der Waals surface area (Å²) in [5.74, 6) is -1.82. The SMILES string of the molecule is C=CC(C)(O)CCC=C(C)C(=O)OCC1OC(OC(C)=O)C(OC2OCC(OC3OCC(O)(CO)C3O)C(O)C2O)C(O)C1OC1OC(CO)C(O)C(O)C1O. The van der Waals surface area contributed by atoms with Gasteiger partial charge >= 0.3 is 11.9 Å². The van der Waals surface area contributed by atoms with E-state index in [1.54, 1.807) is 0 Å². The van der Waals surface area contributed by atoms with Crippen LogP contribution in [0.1, 0.15) is 33.6 Å². The number of hydrogen-bond acceptors (Lipinski definition) is 22.